The summed E-state index contributed by atoms with van der Waals surface area (Å²) >= 11 is 0. The number of hydrogen-bond donors (Lipinski definition) is 1. The third-order valence-electron chi connectivity index (χ3n) is 6.72. The number of nitrogens with zero attached hydrogens (tertiary/aromatic N) is 3. The predicted octanol–water partition coefficient (Wildman–Crippen LogP) is 2.70. The van der Waals surface area contributed by atoms with Crippen molar-refractivity contribution in [3.05, 3.63) is 42.0 Å². The van der Waals surface area contributed by atoms with Crippen LogP contribution in [0.2, 0.25) is 0 Å². The van der Waals surface area contributed by atoms with E-state index >= 15 is 0 Å². The van der Waals surface area contributed by atoms with E-state index in [2.05, 4.69) is 57.2 Å². The van der Waals surface area contributed by atoms with E-state index in [1.54, 1.807) is 0 Å². The molecule has 1 aromatic rings. The zero-order chi connectivity index (χ0) is 18.5. The second kappa shape index (κ2) is 8.87. The summed E-state index contributed by atoms with van der Waals surface area (Å²) in [6.07, 6.45) is 10.4. The minimum atomic E-state index is -0.492. The Bertz CT molecular complexity index is 609. The molecule has 1 aromatic carbocycles. The van der Waals surface area contributed by atoms with E-state index in [0.29, 0.717) is 6.04 Å². The molecule has 3 fully saturated rings. The normalized spacial score (nSPS) is 31.2. The maximum absolute atomic E-state index is 11.4. The first-order chi connectivity index (χ1) is 13.2. The molecule has 3 heterocycles. The lowest BCUT2D eigenvalue weighted by Crippen LogP contribution is -2.63. The van der Waals surface area contributed by atoms with Crippen LogP contribution in [0.15, 0.2) is 36.4 Å². The van der Waals surface area contributed by atoms with Crippen molar-refractivity contribution in [2.75, 3.05) is 52.4 Å². The van der Waals surface area contributed by atoms with Crippen LogP contribution in [0.1, 0.15) is 37.7 Å². The number of fused-ring (bicyclic) bond motifs is 1. The molecule has 3 aliphatic heterocycles. The van der Waals surface area contributed by atoms with Crippen LogP contribution in [0.4, 0.5) is 0 Å². The van der Waals surface area contributed by atoms with E-state index in [0.717, 1.165) is 52.1 Å². The predicted molar refractivity (Wildman–Crippen MR) is 112 cm³/mol. The van der Waals surface area contributed by atoms with E-state index in [9.17, 15) is 5.11 Å². The van der Waals surface area contributed by atoms with Crippen LogP contribution in [0, 0.1) is 0 Å². The molecule has 4 nitrogen and oxygen atoms in total. The molecule has 4 heteroatoms. The number of aliphatic hydroxyl groups is 1. The number of piperazine rings is 1. The molecule has 0 saturated carbocycles. The molecule has 3 aliphatic rings. The number of β-amino-alcohol motifs (C(OH)–C–C–N with tert-alkyl or cyclic N) is 1. The van der Waals surface area contributed by atoms with Crippen molar-refractivity contribution in [2.45, 2.75) is 43.7 Å². The summed E-state index contributed by atoms with van der Waals surface area (Å²) in [5.74, 6) is 0. The van der Waals surface area contributed by atoms with Gasteiger partial charge in [0.25, 0.3) is 0 Å². The quantitative estimate of drug-likeness (QED) is 0.864. The van der Waals surface area contributed by atoms with E-state index in [-0.39, 0.29) is 0 Å². The smallest absolute Gasteiger partial charge is 0.0928 e. The number of benzene rings is 1. The van der Waals surface area contributed by atoms with Gasteiger partial charge in [-0.25, -0.2) is 0 Å². The fourth-order valence-electron chi connectivity index (χ4n) is 5.23. The first-order valence-electron chi connectivity index (χ1n) is 10.9. The monoisotopic (exact) mass is 369 g/mol. The third kappa shape index (κ3) is 4.80. The van der Waals surface area contributed by atoms with Gasteiger partial charge in [-0.2, -0.15) is 0 Å². The Morgan fingerprint density at radius 3 is 2.48 bits per heavy atom. The lowest BCUT2D eigenvalue weighted by atomic mass is 9.79. The van der Waals surface area contributed by atoms with E-state index in [1.165, 1.54) is 37.9 Å². The SMILES string of the molecule is O[C@@]1(CN2CCN(C/C=C/c3ccccc3)CC2)CCCN2CCCC[C@@H]21. The summed E-state index contributed by atoms with van der Waals surface area (Å²) in [5.41, 5.74) is 0.779. The van der Waals surface area contributed by atoms with Crippen molar-refractivity contribution in [1.82, 2.24) is 14.7 Å². The summed E-state index contributed by atoms with van der Waals surface area (Å²) in [7, 11) is 0. The number of hydrogen-bond acceptors (Lipinski definition) is 4. The summed E-state index contributed by atoms with van der Waals surface area (Å²) in [6.45, 7) is 8.61. The lowest BCUT2D eigenvalue weighted by molar-refractivity contribution is -0.112. The van der Waals surface area contributed by atoms with Gasteiger partial charge in [0, 0.05) is 45.3 Å². The average molecular weight is 370 g/mol. The highest BCUT2D eigenvalue weighted by Gasteiger charge is 2.44. The first-order valence-corrected chi connectivity index (χ1v) is 10.9. The highest BCUT2D eigenvalue weighted by molar-refractivity contribution is 5.48. The van der Waals surface area contributed by atoms with Crippen molar-refractivity contribution in [2.24, 2.45) is 0 Å². The molecule has 0 bridgehead atoms. The maximum Gasteiger partial charge on any atom is 0.0928 e. The van der Waals surface area contributed by atoms with Crippen LogP contribution in [-0.2, 0) is 0 Å². The van der Waals surface area contributed by atoms with Gasteiger partial charge in [-0.3, -0.25) is 14.7 Å². The van der Waals surface area contributed by atoms with E-state index in [1.807, 2.05) is 0 Å². The topological polar surface area (TPSA) is 30.0 Å². The number of piperidine rings is 2. The zero-order valence-corrected chi connectivity index (χ0v) is 16.6. The Morgan fingerprint density at radius 1 is 0.926 bits per heavy atom. The van der Waals surface area contributed by atoms with Gasteiger partial charge in [0.1, 0.15) is 0 Å². The minimum absolute atomic E-state index is 0.395. The van der Waals surface area contributed by atoms with Gasteiger partial charge < -0.3 is 5.11 Å². The summed E-state index contributed by atoms with van der Waals surface area (Å²) in [5, 5.41) is 11.4. The molecule has 0 spiro atoms. The molecule has 2 atom stereocenters. The summed E-state index contributed by atoms with van der Waals surface area (Å²) < 4.78 is 0. The van der Waals surface area contributed by atoms with Crippen LogP contribution >= 0.6 is 0 Å². The molecule has 4 rings (SSSR count). The van der Waals surface area contributed by atoms with Crippen molar-refractivity contribution < 1.29 is 5.11 Å². The van der Waals surface area contributed by atoms with Gasteiger partial charge >= 0.3 is 0 Å². The third-order valence-corrected chi connectivity index (χ3v) is 6.72. The van der Waals surface area contributed by atoms with Gasteiger partial charge in [0.2, 0.25) is 0 Å². The second-order valence-electron chi connectivity index (χ2n) is 8.64. The van der Waals surface area contributed by atoms with Crippen molar-refractivity contribution in [3.63, 3.8) is 0 Å². The van der Waals surface area contributed by atoms with Crippen molar-refractivity contribution >= 4 is 6.08 Å². The highest BCUT2D eigenvalue weighted by Crippen LogP contribution is 2.34. The van der Waals surface area contributed by atoms with Gasteiger partial charge in [0.05, 0.1) is 5.60 Å². The molecule has 148 valence electrons. The van der Waals surface area contributed by atoms with Gasteiger partial charge in [-0.05, 0) is 44.3 Å². The average Bonchev–Trinajstić information content (AvgIpc) is 2.70. The molecular weight excluding hydrogens is 334 g/mol. The molecule has 0 amide bonds. The Hall–Kier alpha value is -1.20. The first kappa shape index (κ1) is 19.1. The standard InChI is InChI=1S/C23H35N3O/c27-23(12-7-15-26-14-5-4-11-22(23)26)20-25-18-16-24(17-19-25)13-6-10-21-8-2-1-3-9-21/h1-3,6,8-10,22,27H,4-5,7,11-20H2/b10-6+/t22-,23-/m1/s1. The molecule has 3 saturated heterocycles. The molecule has 0 aliphatic carbocycles. The van der Waals surface area contributed by atoms with Crippen LogP contribution in [0.25, 0.3) is 6.08 Å². The van der Waals surface area contributed by atoms with Gasteiger partial charge in [-0.1, -0.05) is 48.9 Å². The van der Waals surface area contributed by atoms with E-state index in [4.69, 9.17) is 0 Å². The molecule has 0 unspecified atom stereocenters. The molecule has 0 radical (unpaired) electrons. The Morgan fingerprint density at radius 2 is 1.67 bits per heavy atom. The maximum atomic E-state index is 11.4. The fraction of sp³-hybridized carbons (Fsp3) is 0.652. The molecular formula is C23H35N3O. The van der Waals surface area contributed by atoms with Crippen molar-refractivity contribution in [1.29, 1.82) is 0 Å². The van der Waals surface area contributed by atoms with Crippen LogP contribution in [-0.4, -0.2) is 83.8 Å². The highest BCUT2D eigenvalue weighted by atomic mass is 16.3. The Kier molecular flexibility index (Phi) is 6.28. The van der Waals surface area contributed by atoms with Crippen molar-refractivity contribution in [3.8, 4) is 0 Å². The van der Waals surface area contributed by atoms with Gasteiger partial charge in [0.15, 0.2) is 0 Å². The molecule has 0 aromatic heterocycles. The Labute approximate surface area is 164 Å². The van der Waals surface area contributed by atoms with E-state index < -0.39 is 5.60 Å². The fourth-order valence-corrected chi connectivity index (χ4v) is 5.23. The van der Waals surface area contributed by atoms with Crippen LogP contribution < -0.4 is 0 Å². The van der Waals surface area contributed by atoms with Gasteiger partial charge in [-0.15, -0.1) is 0 Å². The number of rotatable bonds is 5. The Balaban J connectivity index is 1.25. The minimum Gasteiger partial charge on any atom is -0.387 e. The zero-order valence-electron chi connectivity index (χ0n) is 16.6. The largest absolute Gasteiger partial charge is 0.387 e. The second-order valence-corrected chi connectivity index (χ2v) is 8.64. The summed E-state index contributed by atoms with van der Waals surface area (Å²) in [6, 6.07) is 10.9. The lowest BCUT2D eigenvalue weighted by Gasteiger charge is -2.51. The molecule has 27 heavy (non-hydrogen) atoms. The van der Waals surface area contributed by atoms with Crippen LogP contribution in [0.3, 0.4) is 0 Å². The summed E-state index contributed by atoms with van der Waals surface area (Å²) in [4.78, 5) is 7.60. The van der Waals surface area contributed by atoms with Crippen LogP contribution in [0.5, 0.6) is 0 Å². The molecule has 1 N–H and O–H groups in total.